The minimum atomic E-state index is -0.0756. The second-order valence-electron chi connectivity index (χ2n) is 7.88. The SMILES string of the molecule is CC(N)c1cc2cc(C(C)(C)C)cc(C(C)(C)C)c2o1. The summed E-state index contributed by atoms with van der Waals surface area (Å²) in [6, 6.07) is 6.54. The van der Waals surface area contributed by atoms with Crippen LogP contribution in [0.4, 0.5) is 0 Å². The molecular weight excluding hydrogens is 246 g/mol. The summed E-state index contributed by atoms with van der Waals surface area (Å²) in [6.45, 7) is 15.4. The van der Waals surface area contributed by atoms with Gasteiger partial charge < -0.3 is 10.2 Å². The zero-order chi connectivity index (χ0) is 15.3. The molecule has 0 saturated carbocycles. The van der Waals surface area contributed by atoms with Gasteiger partial charge in [0.1, 0.15) is 11.3 Å². The average Bonchev–Trinajstić information content (AvgIpc) is 2.68. The minimum Gasteiger partial charge on any atom is -0.459 e. The van der Waals surface area contributed by atoms with Gasteiger partial charge in [-0.15, -0.1) is 0 Å². The van der Waals surface area contributed by atoms with Gasteiger partial charge in [-0.25, -0.2) is 0 Å². The van der Waals surface area contributed by atoms with Crippen LogP contribution in [0, 0.1) is 0 Å². The van der Waals surface area contributed by atoms with Crippen molar-refractivity contribution in [1.82, 2.24) is 0 Å². The quantitative estimate of drug-likeness (QED) is 0.790. The van der Waals surface area contributed by atoms with Gasteiger partial charge in [-0.05, 0) is 35.4 Å². The highest BCUT2D eigenvalue weighted by Crippen LogP contribution is 2.37. The lowest BCUT2D eigenvalue weighted by atomic mass is 9.80. The van der Waals surface area contributed by atoms with Gasteiger partial charge in [-0.2, -0.15) is 0 Å². The molecule has 0 spiro atoms. The van der Waals surface area contributed by atoms with Gasteiger partial charge in [0.2, 0.25) is 0 Å². The predicted octanol–water partition coefficient (Wildman–Crippen LogP) is 5.05. The molecule has 2 nitrogen and oxygen atoms in total. The van der Waals surface area contributed by atoms with E-state index in [1.807, 2.05) is 6.92 Å². The van der Waals surface area contributed by atoms with E-state index in [0.717, 1.165) is 16.7 Å². The van der Waals surface area contributed by atoms with Crippen LogP contribution in [0.1, 0.15) is 71.4 Å². The molecule has 0 aliphatic heterocycles. The molecule has 0 saturated heterocycles. The second kappa shape index (κ2) is 4.63. The maximum absolute atomic E-state index is 6.03. The van der Waals surface area contributed by atoms with Crippen molar-refractivity contribution in [2.24, 2.45) is 5.73 Å². The lowest BCUT2D eigenvalue weighted by molar-refractivity contribution is 0.497. The first kappa shape index (κ1) is 15.1. The minimum absolute atomic E-state index is 0.0481. The summed E-state index contributed by atoms with van der Waals surface area (Å²) >= 11 is 0. The van der Waals surface area contributed by atoms with E-state index in [0.29, 0.717) is 0 Å². The monoisotopic (exact) mass is 273 g/mol. The standard InChI is InChI=1S/C18H27NO/c1-11(19)15-9-12-8-13(17(2,3)4)10-14(16(12)20-15)18(5,6)7/h8-11H,19H2,1-7H3. The van der Waals surface area contributed by atoms with Gasteiger partial charge in [0.15, 0.2) is 0 Å². The first-order valence-electron chi connectivity index (χ1n) is 7.34. The molecule has 1 heterocycles. The fourth-order valence-corrected chi connectivity index (χ4v) is 2.39. The molecule has 0 bridgehead atoms. The van der Waals surface area contributed by atoms with Crippen LogP contribution in [-0.4, -0.2) is 0 Å². The molecule has 0 aliphatic carbocycles. The molecule has 1 unspecified atom stereocenters. The van der Waals surface area contributed by atoms with Crippen molar-refractivity contribution in [3.63, 3.8) is 0 Å². The van der Waals surface area contributed by atoms with Crippen LogP contribution in [0.2, 0.25) is 0 Å². The molecule has 0 fully saturated rings. The Morgan fingerprint density at radius 1 is 0.950 bits per heavy atom. The summed E-state index contributed by atoms with van der Waals surface area (Å²) in [6.07, 6.45) is 0. The number of hydrogen-bond donors (Lipinski definition) is 1. The lowest BCUT2D eigenvalue weighted by Crippen LogP contribution is -2.16. The normalized spacial score (nSPS) is 14.8. The van der Waals surface area contributed by atoms with Crippen molar-refractivity contribution < 1.29 is 4.42 Å². The Hall–Kier alpha value is -1.28. The summed E-state index contributed by atoms with van der Waals surface area (Å²) in [5.74, 6) is 0.858. The highest BCUT2D eigenvalue weighted by atomic mass is 16.3. The second-order valence-corrected chi connectivity index (χ2v) is 7.88. The number of benzene rings is 1. The molecule has 2 N–H and O–H groups in total. The Morgan fingerprint density at radius 3 is 2.00 bits per heavy atom. The van der Waals surface area contributed by atoms with Crippen LogP contribution >= 0.6 is 0 Å². The fourth-order valence-electron chi connectivity index (χ4n) is 2.39. The third-order valence-electron chi connectivity index (χ3n) is 3.76. The highest BCUT2D eigenvalue weighted by molar-refractivity contribution is 5.83. The molecule has 20 heavy (non-hydrogen) atoms. The van der Waals surface area contributed by atoms with Crippen LogP contribution in [-0.2, 0) is 10.8 Å². The van der Waals surface area contributed by atoms with Crippen LogP contribution in [0.25, 0.3) is 11.0 Å². The molecule has 2 aromatic rings. The number of rotatable bonds is 1. The predicted molar refractivity (Wildman–Crippen MR) is 86.2 cm³/mol. The van der Waals surface area contributed by atoms with Crippen LogP contribution in [0.15, 0.2) is 22.6 Å². The van der Waals surface area contributed by atoms with Gasteiger partial charge >= 0.3 is 0 Å². The molecule has 1 aromatic carbocycles. The molecule has 2 heteroatoms. The van der Waals surface area contributed by atoms with Gasteiger partial charge in [0, 0.05) is 10.9 Å². The van der Waals surface area contributed by atoms with Gasteiger partial charge in [-0.3, -0.25) is 0 Å². The largest absolute Gasteiger partial charge is 0.459 e. The summed E-state index contributed by atoms with van der Waals surface area (Å²) in [7, 11) is 0. The zero-order valence-electron chi connectivity index (χ0n) is 13.8. The van der Waals surface area contributed by atoms with Crippen molar-refractivity contribution in [3.05, 3.63) is 35.1 Å². The molecule has 110 valence electrons. The molecule has 2 rings (SSSR count). The summed E-state index contributed by atoms with van der Waals surface area (Å²) in [4.78, 5) is 0. The van der Waals surface area contributed by atoms with E-state index >= 15 is 0 Å². The Morgan fingerprint density at radius 2 is 1.55 bits per heavy atom. The molecule has 0 amide bonds. The number of fused-ring (bicyclic) bond motifs is 1. The first-order valence-corrected chi connectivity index (χ1v) is 7.34. The van der Waals surface area contributed by atoms with Gasteiger partial charge in [-0.1, -0.05) is 47.6 Å². The van der Waals surface area contributed by atoms with E-state index in [2.05, 4.69) is 59.7 Å². The summed E-state index contributed by atoms with van der Waals surface area (Å²) in [5.41, 5.74) is 9.72. The third kappa shape index (κ3) is 2.76. The summed E-state index contributed by atoms with van der Waals surface area (Å²) < 4.78 is 6.03. The topological polar surface area (TPSA) is 39.2 Å². The van der Waals surface area contributed by atoms with E-state index in [4.69, 9.17) is 10.2 Å². The Kier molecular flexibility index (Phi) is 3.50. The van der Waals surface area contributed by atoms with E-state index in [9.17, 15) is 0 Å². The molecule has 0 aliphatic rings. The smallest absolute Gasteiger partial charge is 0.138 e. The third-order valence-corrected chi connectivity index (χ3v) is 3.76. The van der Waals surface area contributed by atoms with Crippen LogP contribution < -0.4 is 5.73 Å². The van der Waals surface area contributed by atoms with Crippen molar-refractivity contribution in [2.75, 3.05) is 0 Å². The molecule has 1 aromatic heterocycles. The van der Waals surface area contributed by atoms with Gasteiger partial charge in [0.05, 0.1) is 6.04 Å². The summed E-state index contributed by atoms with van der Waals surface area (Å²) in [5, 5.41) is 1.16. The van der Waals surface area contributed by atoms with Crippen LogP contribution in [0.5, 0.6) is 0 Å². The molecule has 0 radical (unpaired) electrons. The first-order chi connectivity index (χ1) is 9.00. The molecular formula is C18H27NO. The van der Waals surface area contributed by atoms with Gasteiger partial charge in [0.25, 0.3) is 0 Å². The van der Waals surface area contributed by atoms with Crippen LogP contribution in [0.3, 0.4) is 0 Å². The zero-order valence-corrected chi connectivity index (χ0v) is 13.8. The molecule has 1 atom stereocenters. The number of nitrogens with two attached hydrogens (primary N) is 1. The van der Waals surface area contributed by atoms with E-state index < -0.39 is 0 Å². The van der Waals surface area contributed by atoms with Crippen molar-refractivity contribution in [3.8, 4) is 0 Å². The Balaban J connectivity index is 2.79. The lowest BCUT2D eigenvalue weighted by Gasteiger charge is -2.25. The van der Waals surface area contributed by atoms with Crippen molar-refractivity contribution in [2.45, 2.75) is 65.3 Å². The van der Waals surface area contributed by atoms with E-state index in [1.165, 1.54) is 11.1 Å². The average molecular weight is 273 g/mol. The number of furan rings is 1. The highest BCUT2D eigenvalue weighted by Gasteiger charge is 2.24. The Labute approximate surface area is 122 Å². The van der Waals surface area contributed by atoms with Crippen molar-refractivity contribution >= 4 is 11.0 Å². The number of hydrogen-bond acceptors (Lipinski definition) is 2. The van der Waals surface area contributed by atoms with E-state index in [1.54, 1.807) is 0 Å². The van der Waals surface area contributed by atoms with E-state index in [-0.39, 0.29) is 16.9 Å². The fraction of sp³-hybridized carbons (Fsp3) is 0.556. The van der Waals surface area contributed by atoms with Crippen molar-refractivity contribution in [1.29, 1.82) is 0 Å². The Bertz CT molecular complexity index is 621. The maximum atomic E-state index is 6.03. The maximum Gasteiger partial charge on any atom is 0.138 e.